The molecule has 0 aromatic heterocycles. The van der Waals surface area contributed by atoms with E-state index in [1.807, 2.05) is 32.0 Å². The lowest BCUT2D eigenvalue weighted by Crippen LogP contribution is -2.34. The van der Waals surface area contributed by atoms with Crippen molar-refractivity contribution in [1.82, 2.24) is 0 Å². The van der Waals surface area contributed by atoms with Gasteiger partial charge in [0.05, 0.1) is 0 Å². The van der Waals surface area contributed by atoms with E-state index in [4.69, 9.17) is 9.47 Å². The Hall–Kier alpha value is -1.88. The predicted octanol–water partition coefficient (Wildman–Crippen LogP) is 2.35. The molecule has 1 amide bonds. The smallest absolute Gasteiger partial charge is 0.336 e. The summed E-state index contributed by atoms with van der Waals surface area (Å²) in [6.07, 6.45) is 0.133. The van der Waals surface area contributed by atoms with E-state index in [0.29, 0.717) is 13.0 Å². The minimum absolute atomic E-state index is 0.334. The van der Waals surface area contributed by atoms with Crippen LogP contribution in [0.5, 0.6) is 0 Å². The van der Waals surface area contributed by atoms with Crippen molar-refractivity contribution in [3.8, 4) is 0 Å². The van der Waals surface area contributed by atoms with Gasteiger partial charge in [-0.1, -0.05) is 18.2 Å². The Morgan fingerprint density at radius 1 is 1.33 bits per heavy atom. The van der Waals surface area contributed by atoms with Gasteiger partial charge in [0.1, 0.15) is 0 Å². The van der Waals surface area contributed by atoms with E-state index >= 15 is 0 Å². The first-order valence-corrected chi connectivity index (χ1v) is 7.18. The van der Waals surface area contributed by atoms with Crippen LogP contribution in [0.25, 0.3) is 0 Å². The highest BCUT2D eigenvalue weighted by atomic mass is 16.6. The normalized spacial score (nSPS) is 19.1. The molecule has 2 atom stereocenters. The van der Waals surface area contributed by atoms with Crippen LogP contribution < -0.4 is 5.32 Å². The number of carbonyl (C=O) groups excluding carboxylic acids is 2. The van der Waals surface area contributed by atoms with Gasteiger partial charge in [0.15, 0.2) is 12.2 Å². The average molecular weight is 291 g/mol. The SMILES string of the molecule is Cc1cccc(C)c1NC(=O)[C@@H](C)OC(=O)[C@H]1CCCO1. The van der Waals surface area contributed by atoms with E-state index < -0.39 is 18.2 Å². The number of rotatable bonds is 4. The summed E-state index contributed by atoms with van der Waals surface area (Å²) in [6, 6.07) is 5.78. The number of nitrogens with one attached hydrogen (secondary N) is 1. The third-order valence-electron chi connectivity index (χ3n) is 3.58. The molecule has 0 aliphatic carbocycles. The van der Waals surface area contributed by atoms with Crippen LogP contribution in [0.2, 0.25) is 0 Å². The fraction of sp³-hybridized carbons (Fsp3) is 0.500. The molecular formula is C16H21NO4. The van der Waals surface area contributed by atoms with Gasteiger partial charge in [-0.2, -0.15) is 0 Å². The van der Waals surface area contributed by atoms with Crippen molar-refractivity contribution in [3.05, 3.63) is 29.3 Å². The molecule has 0 spiro atoms. The van der Waals surface area contributed by atoms with Crippen LogP contribution in [0, 0.1) is 13.8 Å². The Morgan fingerprint density at radius 2 is 2.00 bits per heavy atom. The molecule has 0 unspecified atom stereocenters. The Balaban J connectivity index is 1.94. The lowest BCUT2D eigenvalue weighted by atomic mass is 10.1. The van der Waals surface area contributed by atoms with Crippen LogP contribution in [-0.4, -0.2) is 30.7 Å². The molecule has 114 valence electrons. The number of carbonyl (C=O) groups is 2. The first kappa shape index (κ1) is 15.5. The lowest BCUT2D eigenvalue weighted by molar-refractivity contribution is -0.162. The molecule has 1 saturated heterocycles. The fourth-order valence-corrected chi connectivity index (χ4v) is 2.30. The molecule has 5 heteroatoms. The van der Waals surface area contributed by atoms with Crippen molar-refractivity contribution < 1.29 is 19.1 Å². The maximum atomic E-state index is 12.1. The number of ether oxygens (including phenoxy) is 2. The molecular weight excluding hydrogens is 270 g/mol. The largest absolute Gasteiger partial charge is 0.451 e. The summed E-state index contributed by atoms with van der Waals surface area (Å²) in [5, 5.41) is 2.82. The maximum absolute atomic E-state index is 12.1. The van der Waals surface area contributed by atoms with Crippen molar-refractivity contribution >= 4 is 17.6 Å². The molecule has 21 heavy (non-hydrogen) atoms. The molecule has 1 aliphatic rings. The van der Waals surface area contributed by atoms with E-state index in [1.54, 1.807) is 6.92 Å². The summed E-state index contributed by atoms with van der Waals surface area (Å²) in [7, 11) is 0. The van der Waals surface area contributed by atoms with Gasteiger partial charge in [-0.25, -0.2) is 4.79 Å². The Labute approximate surface area is 124 Å². The first-order chi connectivity index (χ1) is 9.99. The summed E-state index contributed by atoms with van der Waals surface area (Å²) in [5.74, 6) is -0.796. The van der Waals surface area contributed by atoms with Crippen LogP contribution in [0.15, 0.2) is 18.2 Å². The van der Waals surface area contributed by atoms with Crippen LogP contribution >= 0.6 is 0 Å². The van der Waals surface area contributed by atoms with Crippen LogP contribution in [-0.2, 0) is 19.1 Å². The molecule has 1 heterocycles. The Kier molecular flexibility index (Phi) is 4.96. The topological polar surface area (TPSA) is 64.6 Å². The average Bonchev–Trinajstić information content (AvgIpc) is 2.97. The zero-order valence-corrected chi connectivity index (χ0v) is 12.6. The fourth-order valence-electron chi connectivity index (χ4n) is 2.30. The minimum Gasteiger partial charge on any atom is -0.451 e. The highest BCUT2D eigenvalue weighted by Crippen LogP contribution is 2.20. The number of benzene rings is 1. The van der Waals surface area contributed by atoms with Gasteiger partial charge >= 0.3 is 5.97 Å². The van der Waals surface area contributed by atoms with Crippen molar-refractivity contribution in [2.24, 2.45) is 0 Å². The second-order valence-corrected chi connectivity index (χ2v) is 5.34. The quantitative estimate of drug-likeness (QED) is 0.865. The zero-order chi connectivity index (χ0) is 15.4. The van der Waals surface area contributed by atoms with E-state index in [1.165, 1.54) is 0 Å². The van der Waals surface area contributed by atoms with Crippen molar-refractivity contribution in [3.63, 3.8) is 0 Å². The molecule has 1 N–H and O–H groups in total. The molecule has 1 fully saturated rings. The molecule has 5 nitrogen and oxygen atoms in total. The van der Waals surface area contributed by atoms with E-state index in [2.05, 4.69) is 5.32 Å². The third-order valence-corrected chi connectivity index (χ3v) is 3.58. The minimum atomic E-state index is -0.847. The van der Waals surface area contributed by atoms with Crippen molar-refractivity contribution in [2.45, 2.75) is 45.8 Å². The number of aryl methyl sites for hydroxylation is 2. The number of hydrogen-bond acceptors (Lipinski definition) is 4. The van der Waals surface area contributed by atoms with Crippen molar-refractivity contribution in [1.29, 1.82) is 0 Å². The zero-order valence-electron chi connectivity index (χ0n) is 12.6. The van der Waals surface area contributed by atoms with Crippen LogP contribution in [0.4, 0.5) is 5.69 Å². The molecule has 0 saturated carbocycles. The van der Waals surface area contributed by atoms with Gasteiger partial charge < -0.3 is 14.8 Å². The first-order valence-electron chi connectivity index (χ1n) is 7.18. The third kappa shape index (κ3) is 3.82. The van der Waals surface area contributed by atoms with Crippen LogP contribution in [0.1, 0.15) is 30.9 Å². The number of para-hydroxylation sites is 1. The van der Waals surface area contributed by atoms with E-state index in [9.17, 15) is 9.59 Å². The maximum Gasteiger partial charge on any atom is 0.336 e. The number of anilines is 1. The number of hydrogen-bond donors (Lipinski definition) is 1. The molecule has 0 bridgehead atoms. The van der Waals surface area contributed by atoms with Gasteiger partial charge in [-0.15, -0.1) is 0 Å². The van der Waals surface area contributed by atoms with E-state index in [0.717, 1.165) is 23.2 Å². The van der Waals surface area contributed by atoms with Gasteiger partial charge in [0.2, 0.25) is 0 Å². The second-order valence-electron chi connectivity index (χ2n) is 5.34. The Bertz CT molecular complexity index is 515. The summed E-state index contributed by atoms with van der Waals surface area (Å²) in [4.78, 5) is 24.0. The predicted molar refractivity (Wildman–Crippen MR) is 79.1 cm³/mol. The molecule has 0 radical (unpaired) electrons. The summed E-state index contributed by atoms with van der Waals surface area (Å²) >= 11 is 0. The van der Waals surface area contributed by atoms with Gasteiger partial charge in [-0.05, 0) is 44.7 Å². The highest BCUT2D eigenvalue weighted by molar-refractivity contribution is 5.96. The summed E-state index contributed by atoms with van der Waals surface area (Å²) < 4.78 is 10.4. The molecule has 1 aliphatic heterocycles. The van der Waals surface area contributed by atoms with Gasteiger partial charge in [-0.3, -0.25) is 4.79 Å². The Morgan fingerprint density at radius 3 is 2.57 bits per heavy atom. The number of amides is 1. The standard InChI is InChI=1S/C16H21NO4/c1-10-6-4-7-11(2)14(10)17-15(18)12(3)21-16(19)13-8-5-9-20-13/h4,6-7,12-13H,5,8-9H2,1-3H3,(H,17,18)/t12-,13-/m1/s1. The highest BCUT2D eigenvalue weighted by Gasteiger charge is 2.28. The van der Waals surface area contributed by atoms with E-state index in [-0.39, 0.29) is 5.91 Å². The molecule has 1 aromatic rings. The second kappa shape index (κ2) is 6.72. The molecule has 1 aromatic carbocycles. The summed E-state index contributed by atoms with van der Waals surface area (Å²) in [5.41, 5.74) is 2.71. The van der Waals surface area contributed by atoms with Gasteiger partial charge in [0, 0.05) is 12.3 Å². The lowest BCUT2D eigenvalue weighted by Gasteiger charge is -2.17. The van der Waals surface area contributed by atoms with Crippen LogP contribution in [0.3, 0.4) is 0 Å². The monoisotopic (exact) mass is 291 g/mol. The molecule has 2 rings (SSSR count). The van der Waals surface area contributed by atoms with Gasteiger partial charge in [0.25, 0.3) is 5.91 Å². The summed E-state index contributed by atoms with van der Waals surface area (Å²) in [6.45, 7) is 5.98. The van der Waals surface area contributed by atoms with Crippen molar-refractivity contribution in [2.75, 3.05) is 11.9 Å². The number of esters is 1.